The number of ketones is 1. The highest BCUT2D eigenvalue weighted by Gasteiger charge is 2.49. The molecule has 2 unspecified atom stereocenters. The molecule has 6 nitrogen and oxygen atoms in total. The Labute approximate surface area is 202 Å². The van der Waals surface area contributed by atoms with E-state index in [0.29, 0.717) is 0 Å². The number of methoxy groups -OCH3 is 3. The molecule has 2 aliphatic rings. The highest BCUT2D eigenvalue weighted by atomic mass is 16.5. The Balaban J connectivity index is 2.00. The Kier molecular flexibility index (Phi) is 6.67. The number of Topliss-reactive ketones (excluding diaryl/α,β-unsaturated/α-hetero) is 1. The molecule has 2 aromatic rings. The van der Waals surface area contributed by atoms with Crippen molar-refractivity contribution in [2.45, 2.75) is 45.6 Å². The number of carbonyl (C=O) groups excluding carboxylic acids is 1. The lowest BCUT2D eigenvalue weighted by Gasteiger charge is -2.43. The van der Waals surface area contributed by atoms with Crippen molar-refractivity contribution in [2.24, 2.45) is 11.8 Å². The Hall–Kier alpha value is -2.57. The fourth-order valence-electron chi connectivity index (χ4n) is 6.57. The molecule has 34 heavy (non-hydrogen) atoms. The number of hydrogen-bond acceptors (Lipinski definition) is 6. The number of nitrogens with zero attached hydrogens (tertiary/aromatic N) is 1. The molecule has 1 N–H and O–H groups in total. The second kappa shape index (κ2) is 9.23. The molecule has 6 heteroatoms. The van der Waals surface area contributed by atoms with Crippen molar-refractivity contribution in [1.82, 2.24) is 4.90 Å². The third kappa shape index (κ3) is 3.59. The number of ether oxygens (including phenoxy) is 3. The van der Waals surface area contributed by atoms with Gasteiger partial charge in [0.05, 0.1) is 27.9 Å². The number of aliphatic hydroxyl groups excluding tert-OH is 1. The maximum atomic E-state index is 14.0. The van der Waals surface area contributed by atoms with Gasteiger partial charge in [-0.1, -0.05) is 6.07 Å². The summed E-state index contributed by atoms with van der Waals surface area (Å²) in [6, 6.07) is 4.26. The Morgan fingerprint density at radius 2 is 1.68 bits per heavy atom. The van der Waals surface area contributed by atoms with Crippen LogP contribution in [0.5, 0.6) is 17.2 Å². The van der Waals surface area contributed by atoms with Crippen molar-refractivity contribution in [3.05, 3.63) is 51.1 Å². The second-order valence-corrected chi connectivity index (χ2v) is 9.96. The van der Waals surface area contributed by atoms with Gasteiger partial charge in [-0.15, -0.1) is 0 Å². The molecule has 0 spiro atoms. The van der Waals surface area contributed by atoms with E-state index in [1.54, 1.807) is 21.3 Å². The SMILES string of the molecule is COc1cc2c(c(OC)c1C)CC(=O)C1[C@@H](Cc3cc(C)c(C)c(OC)c3[C@@H]1CO)C2N(C)C. The predicted molar refractivity (Wildman–Crippen MR) is 132 cm³/mol. The first-order valence-corrected chi connectivity index (χ1v) is 11.9. The molecular formula is C28H37NO5. The van der Waals surface area contributed by atoms with Gasteiger partial charge in [-0.3, -0.25) is 4.79 Å². The number of benzene rings is 2. The monoisotopic (exact) mass is 467 g/mol. The number of rotatable bonds is 5. The van der Waals surface area contributed by atoms with Gasteiger partial charge in [-0.25, -0.2) is 0 Å². The van der Waals surface area contributed by atoms with Crippen LogP contribution in [-0.2, 0) is 17.6 Å². The van der Waals surface area contributed by atoms with Gasteiger partial charge in [0.1, 0.15) is 23.0 Å². The van der Waals surface area contributed by atoms with Crippen LogP contribution in [0.25, 0.3) is 0 Å². The van der Waals surface area contributed by atoms with E-state index in [-0.39, 0.29) is 42.6 Å². The minimum Gasteiger partial charge on any atom is -0.496 e. The molecule has 0 saturated carbocycles. The van der Waals surface area contributed by atoms with Gasteiger partial charge in [0.25, 0.3) is 0 Å². The van der Waals surface area contributed by atoms with E-state index in [0.717, 1.165) is 62.6 Å². The molecule has 0 radical (unpaired) electrons. The zero-order chi connectivity index (χ0) is 24.9. The van der Waals surface area contributed by atoms with Crippen LogP contribution < -0.4 is 14.2 Å². The summed E-state index contributed by atoms with van der Waals surface area (Å²) in [5, 5.41) is 10.7. The van der Waals surface area contributed by atoms with Gasteiger partial charge in [0, 0.05) is 41.0 Å². The summed E-state index contributed by atoms with van der Waals surface area (Å²) in [7, 11) is 9.11. The van der Waals surface area contributed by atoms with Crippen molar-refractivity contribution < 1.29 is 24.1 Å². The maximum absolute atomic E-state index is 14.0. The summed E-state index contributed by atoms with van der Waals surface area (Å²) in [4.78, 5) is 16.2. The van der Waals surface area contributed by atoms with Gasteiger partial charge in [-0.05, 0) is 75.5 Å². The van der Waals surface area contributed by atoms with Gasteiger partial charge in [0.15, 0.2) is 0 Å². The van der Waals surface area contributed by atoms with Crippen LogP contribution in [0.2, 0.25) is 0 Å². The number of aliphatic hydroxyl groups is 1. The summed E-state index contributed by atoms with van der Waals surface area (Å²) in [6.45, 7) is 6.00. The van der Waals surface area contributed by atoms with Crippen molar-refractivity contribution in [3.8, 4) is 17.2 Å². The number of carbonyl (C=O) groups is 1. The summed E-state index contributed by atoms with van der Waals surface area (Å²) in [5.41, 5.74) is 7.27. The quantitative estimate of drug-likeness (QED) is 0.719. The third-order valence-electron chi connectivity index (χ3n) is 8.08. The summed E-state index contributed by atoms with van der Waals surface area (Å²) in [5.74, 6) is 1.77. The zero-order valence-corrected chi connectivity index (χ0v) is 21.6. The maximum Gasteiger partial charge on any atom is 0.141 e. The van der Waals surface area contributed by atoms with Crippen LogP contribution in [0.15, 0.2) is 12.1 Å². The molecule has 2 aromatic carbocycles. The summed E-state index contributed by atoms with van der Waals surface area (Å²) in [6.07, 6.45) is 1.01. The van der Waals surface area contributed by atoms with E-state index in [2.05, 4.69) is 38.1 Å². The molecule has 4 atom stereocenters. The summed E-state index contributed by atoms with van der Waals surface area (Å²) >= 11 is 0. The fraction of sp³-hybridized carbons (Fsp3) is 0.536. The number of aryl methyl sites for hydroxylation is 1. The molecule has 4 rings (SSSR count). The first-order chi connectivity index (χ1) is 16.2. The van der Waals surface area contributed by atoms with Crippen molar-refractivity contribution >= 4 is 5.78 Å². The summed E-state index contributed by atoms with van der Waals surface area (Å²) < 4.78 is 17.4. The van der Waals surface area contributed by atoms with Gasteiger partial charge in [0.2, 0.25) is 0 Å². The smallest absolute Gasteiger partial charge is 0.141 e. The normalized spacial score (nSPS) is 23.6. The molecule has 0 bridgehead atoms. The van der Waals surface area contributed by atoms with Gasteiger partial charge in [-0.2, -0.15) is 0 Å². The molecule has 0 fully saturated rings. The van der Waals surface area contributed by atoms with Crippen LogP contribution in [0.3, 0.4) is 0 Å². The topological polar surface area (TPSA) is 68.2 Å². The average Bonchev–Trinajstić information content (AvgIpc) is 2.92. The van der Waals surface area contributed by atoms with Crippen molar-refractivity contribution in [1.29, 1.82) is 0 Å². The number of hydrogen-bond donors (Lipinski definition) is 1. The molecule has 0 saturated heterocycles. The van der Waals surface area contributed by atoms with Gasteiger partial charge >= 0.3 is 0 Å². The largest absolute Gasteiger partial charge is 0.496 e. The van der Waals surface area contributed by atoms with E-state index < -0.39 is 0 Å². The first kappa shape index (κ1) is 24.6. The van der Waals surface area contributed by atoms with E-state index >= 15 is 0 Å². The van der Waals surface area contributed by atoms with E-state index in [4.69, 9.17) is 14.2 Å². The third-order valence-corrected chi connectivity index (χ3v) is 8.08. The van der Waals surface area contributed by atoms with Crippen LogP contribution in [0.1, 0.15) is 50.9 Å². The van der Waals surface area contributed by atoms with Gasteiger partial charge < -0.3 is 24.2 Å². The average molecular weight is 468 g/mol. The standard InChI is InChI=1S/C28H37NO5/c1-14-9-17-10-20-25(21(13-30)24(17)28(34-8)15(14)2)22(31)11-19-18(26(20)29(4)5)12-23(32-6)16(3)27(19)33-7/h9,12,20-21,25-26,30H,10-11,13H2,1-8H3/t20-,21+,25?,26?/m1/s1. The lowest BCUT2D eigenvalue weighted by atomic mass is 9.64. The molecule has 2 aliphatic carbocycles. The predicted octanol–water partition coefficient (Wildman–Crippen LogP) is 3.93. The Morgan fingerprint density at radius 3 is 2.24 bits per heavy atom. The first-order valence-electron chi connectivity index (χ1n) is 11.9. The fourth-order valence-corrected chi connectivity index (χ4v) is 6.57. The van der Waals surface area contributed by atoms with E-state index in [1.165, 1.54) is 0 Å². The van der Waals surface area contributed by atoms with Crippen molar-refractivity contribution in [3.63, 3.8) is 0 Å². The van der Waals surface area contributed by atoms with E-state index in [9.17, 15) is 9.90 Å². The molecule has 0 amide bonds. The molecule has 184 valence electrons. The second-order valence-electron chi connectivity index (χ2n) is 9.96. The van der Waals surface area contributed by atoms with E-state index in [1.807, 2.05) is 13.8 Å². The number of fused-ring (bicyclic) bond motifs is 3. The molecule has 0 aromatic heterocycles. The van der Waals surface area contributed by atoms with Crippen LogP contribution in [-0.4, -0.2) is 57.8 Å². The highest BCUT2D eigenvalue weighted by Crippen LogP contribution is 2.54. The minimum atomic E-state index is -0.329. The van der Waals surface area contributed by atoms with Crippen LogP contribution in [0.4, 0.5) is 0 Å². The Morgan fingerprint density at radius 1 is 1.00 bits per heavy atom. The highest BCUT2D eigenvalue weighted by molar-refractivity contribution is 5.87. The van der Waals surface area contributed by atoms with Crippen LogP contribution in [0, 0.1) is 32.6 Å². The molecular weight excluding hydrogens is 430 g/mol. The molecule has 0 heterocycles. The Bertz CT molecular complexity index is 1120. The zero-order valence-electron chi connectivity index (χ0n) is 21.6. The lowest BCUT2D eigenvalue weighted by Crippen LogP contribution is -2.42. The van der Waals surface area contributed by atoms with Crippen molar-refractivity contribution in [2.75, 3.05) is 42.0 Å². The molecule has 0 aliphatic heterocycles. The minimum absolute atomic E-state index is 0.00247. The lowest BCUT2D eigenvalue weighted by molar-refractivity contribution is -0.126. The van der Waals surface area contributed by atoms with Crippen LogP contribution >= 0.6 is 0 Å².